The number of nitrogens with one attached hydrogen (secondary N) is 1. The Morgan fingerprint density at radius 1 is 1.56 bits per heavy atom. The van der Waals surface area contributed by atoms with Gasteiger partial charge >= 0.3 is 0 Å². The second kappa shape index (κ2) is 5.56. The summed E-state index contributed by atoms with van der Waals surface area (Å²) in [5.41, 5.74) is 5.78. The van der Waals surface area contributed by atoms with Crippen LogP contribution < -0.4 is 15.8 Å². The molecule has 1 fully saturated rings. The molecule has 3 N–H and O–H groups in total. The minimum absolute atomic E-state index is 0.124. The Balaban J connectivity index is 1.86. The molecule has 1 amide bonds. The molecule has 0 heterocycles. The molecular formula is C12H14BrFN2O2. The molecule has 6 heteroatoms. The van der Waals surface area contributed by atoms with Crippen LogP contribution in [0.5, 0.6) is 5.75 Å². The third kappa shape index (κ3) is 3.60. The molecule has 0 aliphatic heterocycles. The fraction of sp³-hybridized carbons (Fsp3) is 0.417. The molecule has 2 rings (SSSR count). The Kier molecular flexibility index (Phi) is 4.06. The fourth-order valence-corrected chi connectivity index (χ4v) is 2.06. The molecule has 0 spiro atoms. The second-order valence-electron chi connectivity index (χ2n) is 4.34. The van der Waals surface area contributed by atoms with Crippen molar-refractivity contribution >= 4 is 27.5 Å². The van der Waals surface area contributed by atoms with Gasteiger partial charge in [-0.3, -0.25) is 4.79 Å². The number of hydrogen-bond donors (Lipinski definition) is 2. The van der Waals surface area contributed by atoms with Crippen molar-refractivity contribution in [3.8, 4) is 5.75 Å². The number of anilines is 1. The van der Waals surface area contributed by atoms with Crippen molar-refractivity contribution in [1.82, 2.24) is 5.32 Å². The molecule has 0 bridgehead atoms. The number of ether oxygens (including phenoxy) is 1. The molecule has 0 aromatic heterocycles. The predicted molar refractivity (Wildman–Crippen MR) is 69.7 cm³/mol. The van der Waals surface area contributed by atoms with E-state index in [1.165, 1.54) is 18.9 Å². The molecule has 1 aromatic rings. The lowest BCUT2D eigenvalue weighted by atomic mass is 10.3. The molecule has 98 valence electrons. The van der Waals surface area contributed by atoms with E-state index in [1.807, 2.05) is 0 Å². The number of nitrogen functional groups attached to an aromatic ring is 1. The van der Waals surface area contributed by atoms with Crippen LogP contribution in [0.15, 0.2) is 16.6 Å². The average molecular weight is 317 g/mol. The largest absolute Gasteiger partial charge is 0.480 e. The van der Waals surface area contributed by atoms with E-state index in [0.29, 0.717) is 16.9 Å². The number of halogens is 2. The van der Waals surface area contributed by atoms with Gasteiger partial charge in [-0.1, -0.05) is 0 Å². The Morgan fingerprint density at radius 2 is 2.28 bits per heavy atom. The van der Waals surface area contributed by atoms with Crippen LogP contribution >= 0.6 is 15.9 Å². The number of amides is 1. The van der Waals surface area contributed by atoms with E-state index in [4.69, 9.17) is 10.5 Å². The van der Waals surface area contributed by atoms with E-state index >= 15 is 0 Å². The molecule has 0 atom stereocenters. The highest BCUT2D eigenvalue weighted by molar-refractivity contribution is 9.10. The minimum atomic E-state index is -0.454. The Labute approximate surface area is 113 Å². The van der Waals surface area contributed by atoms with Crippen LogP contribution in [0.4, 0.5) is 10.1 Å². The normalized spacial score (nSPS) is 14.3. The number of carbonyl (C=O) groups is 1. The number of nitrogens with two attached hydrogens (primary N) is 1. The molecule has 0 radical (unpaired) electrons. The topological polar surface area (TPSA) is 64.3 Å². The van der Waals surface area contributed by atoms with E-state index < -0.39 is 5.82 Å². The van der Waals surface area contributed by atoms with Gasteiger partial charge in [0, 0.05) is 12.6 Å². The lowest BCUT2D eigenvalue weighted by Crippen LogP contribution is -2.30. The zero-order chi connectivity index (χ0) is 13.1. The number of carbonyl (C=O) groups excluding carboxylic acids is 1. The predicted octanol–water partition coefficient (Wildman–Crippen LogP) is 2.08. The van der Waals surface area contributed by atoms with Crippen LogP contribution in [0.2, 0.25) is 0 Å². The first-order chi connectivity index (χ1) is 8.56. The molecule has 1 aromatic carbocycles. The summed E-state index contributed by atoms with van der Waals surface area (Å²) in [6.07, 6.45) is 2.36. The first-order valence-electron chi connectivity index (χ1n) is 5.70. The van der Waals surface area contributed by atoms with Crippen LogP contribution in [-0.2, 0) is 4.79 Å². The van der Waals surface area contributed by atoms with Crippen molar-refractivity contribution in [3.63, 3.8) is 0 Å². The maximum atomic E-state index is 13.0. The van der Waals surface area contributed by atoms with Crippen molar-refractivity contribution in [2.75, 3.05) is 18.9 Å². The molecule has 0 saturated heterocycles. The Morgan fingerprint density at radius 3 is 2.89 bits per heavy atom. The Hall–Kier alpha value is -1.30. The Bertz CT molecular complexity index is 440. The van der Waals surface area contributed by atoms with Gasteiger partial charge in [0.1, 0.15) is 5.82 Å². The van der Waals surface area contributed by atoms with Gasteiger partial charge in [-0.05, 0) is 40.8 Å². The lowest BCUT2D eigenvalue weighted by molar-refractivity contribution is -0.123. The third-order valence-electron chi connectivity index (χ3n) is 2.67. The van der Waals surface area contributed by atoms with Crippen molar-refractivity contribution in [2.24, 2.45) is 5.92 Å². The summed E-state index contributed by atoms with van der Waals surface area (Å²) < 4.78 is 18.7. The van der Waals surface area contributed by atoms with Gasteiger partial charge in [-0.25, -0.2) is 4.39 Å². The summed E-state index contributed by atoms with van der Waals surface area (Å²) in [6, 6.07) is 2.40. The summed E-state index contributed by atoms with van der Waals surface area (Å²) >= 11 is 3.14. The average Bonchev–Trinajstić information content (AvgIpc) is 3.08. The standard InChI is InChI=1S/C12H14BrFN2O2/c13-9-3-8(14)4-10(15)12(9)18-6-11(17)16-5-7-1-2-7/h3-4,7H,1-2,5-6,15H2,(H,16,17). The minimum Gasteiger partial charge on any atom is -0.480 e. The van der Waals surface area contributed by atoms with Crippen LogP contribution in [0.25, 0.3) is 0 Å². The highest BCUT2D eigenvalue weighted by Gasteiger charge is 2.21. The molecule has 0 unspecified atom stereocenters. The lowest BCUT2D eigenvalue weighted by Gasteiger charge is -2.11. The molecular weight excluding hydrogens is 303 g/mol. The second-order valence-corrected chi connectivity index (χ2v) is 5.20. The van der Waals surface area contributed by atoms with Crippen LogP contribution in [-0.4, -0.2) is 19.1 Å². The number of rotatable bonds is 5. The SMILES string of the molecule is Nc1cc(F)cc(Br)c1OCC(=O)NCC1CC1. The summed E-state index contributed by atoms with van der Waals surface area (Å²) in [5.74, 6) is 0.261. The van der Waals surface area contributed by atoms with Crippen molar-refractivity contribution < 1.29 is 13.9 Å². The van der Waals surface area contributed by atoms with Gasteiger partial charge < -0.3 is 15.8 Å². The third-order valence-corrected chi connectivity index (χ3v) is 3.26. The van der Waals surface area contributed by atoms with Gasteiger partial charge in [-0.15, -0.1) is 0 Å². The first kappa shape index (κ1) is 13.1. The van der Waals surface area contributed by atoms with E-state index in [-0.39, 0.29) is 24.0 Å². The zero-order valence-corrected chi connectivity index (χ0v) is 11.3. The highest BCUT2D eigenvalue weighted by atomic mass is 79.9. The van der Waals surface area contributed by atoms with Crippen LogP contribution in [0, 0.1) is 11.7 Å². The zero-order valence-electron chi connectivity index (χ0n) is 9.71. The molecule has 1 saturated carbocycles. The first-order valence-corrected chi connectivity index (χ1v) is 6.49. The van der Waals surface area contributed by atoms with E-state index in [2.05, 4.69) is 21.2 Å². The molecule has 18 heavy (non-hydrogen) atoms. The smallest absolute Gasteiger partial charge is 0.257 e. The maximum Gasteiger partial charge on any atom is 0.257 e. The molecule has 1 aliphatic carbocycles. The summed E-state index contributed by atoms with van der Waals surface area (Å²) in [6.45, 7) is 0.573. The number of benzene rings is 1. The number of hydrogen-bond acceptors (Lipinski definition) is 3. The van der Waals surface area contributed by atoms with Crippen LogP contribution in [0.3, 0.4) is 0 Å². The maximum absolute atomic E-state index is 13.0. The molecule has 1 aliphatic rings. The quantitative estimate of drug-likeness (QED) is 0.817. The summed E-state index contributed by atoms with van der Waals surface area (Å²) in [4.78, 5) is 11.5. The monoisotopic (exact) mass is 316 g/mol. The fourth-order valence-electron chi connectivity index (χ4n) is 1.50. The van der Waals surface area contributed by atoms with Crippen molar-refractivity contribution in [1.29, 1.82) is 0 Å². The van der Waals surface area contributed by atoms with Crippen molar-refractivity contribution in [3.05, 3.63) is 22.4 Å². The summed E-state index contributed by atoms with van der Waals surface area (Å²) in [5, 5.41) is 2.77. The van der Waals surface area contributed by atoms with Gasteiger partial charge in [0.2, 0.25) is 0 Å². The van der Waals surface area contributed by atoms with Crippen LogP contribution in [0.1, 0.15) is 12.8 Å². The van der Waals surface area contributed by atoms with Gasteiger partial charge in [-0.2, -0.15) is 0 Å². The van der Waals surface area contributed by atoms with Gasteiger partial charge in [0.25, 0.3) is 5.91 Å². The van der Waals surface area contributed by atoms with E-state index in [1.54, 1.807) is 0 Å². The van der Waals surface area contributed by atoms with Gasteiger partial charge in [0.15, 0.2) is 12.4 Å². The highest BCUT2D eigenvalue weighted by Crippen LogP contribution is 2.32. The van der Waals surface area contributed by atoms with Crippen molar-refractivity contribution in [2.45, 2.75) is 12.8 Å². The van der Waals surface area contributed by atoms with E-state index in [0.717, 1.165) is 6.07 Å². The summed E-state index contributed by atoms with van der Waals surface area (Å²) in [7, 11) is 0. The molecule has 4 nitrogen and oxygen atoms in total. The van der Waals surface area contributed by atoms with Gasteiger partial charge in [0.05, 0.1) is 10.2 Å². The van der Waals surface area contributed by atoms with E-state index in [9.17, 15) is 9.18 Å².